The van der Waals surface area contributed by atoms with E-state index in [-0.39, 0.29) is 11.5 Å². The molecule has 2 aliphatic heterocycles. The Kier molecular flexibility index (Phi) is 4.26. The van der Waals surface area contributed by atoms with Gasteiger partial charge in [0.1, 0.15) is 12.4 Å². The van der Waals surface area contributed by atoms with Crippen molar-refractivity contribution in [2.24, 2.45) is 0 Å². The number of benzene rings is 2. The molecule has 0 bridgehead atoms. The largest absolute Gasteiger partial charge is 0.492 e. The zero-order valence-electron chi connectivity index (χ0n) is 14.5. The maximum atomic E-state index is 12.4. The smallest absolute Gasteiger partial charge is 0.410 e. The molecule has 1 saturated heterocycles. The molecule has 5 nitrogen and oxygen atoms in total. The number of ether oxygens (including phenoxy) is 2. The van der Waals surface area contributed by atoms with Crippen LogP contribution in [0.2, 0.25) is 0 Å². The van der Waals surface area contributed by atoms with Crippen LogP contribution in [0.3, 0.4) is 0 Å². The normalized spacial score (nSPS) is 17.3. The minimum absolute atomic E-state index is 0.0988. The molecule has 2 heterocycles. The van der Waals surface area contributed by atoms with Gasteiger partial charge < -0.3 is 14.4 Å². The van der Waals surface area contributed by atoms with E-state index in [0.717, 1.165) is 29.7 Å². The molecule has 1 fully saturated rings. The first-order valence-corrected chi connectivity index (χ1v) is 8.83. The summed E-state index contributed by atoms with van der Waals surface area (Å²) < 4.78 is 11.3. The van der Waals surface area contributed by atoms with Crippen molar-refractivity contribution in [2.75, 3.05) is 19.7 Å². The Labute approximate surface area is 152 Å². The first-order valence-electron chi connectivity index (χ1n) is 8.83. The molecule has 26 heavy (non-hydrogen) atoms. The SMILES string of the molecule is N#Cc1ccc2c(c1)C1(CCN(C(=O)OCc3ccccc3)CC1)CO2. The first kappa shape index (κ1) is 16.5. The second-order valence-corrected chi connectivity index (χ2v) is 6.92. The average molecular weight is 348 g/mol. The second-order valence-electron chi connectivity index (χ2n) is 6.92. The number of carbonyl (C=O) groups excluding carboxylic acids is 1. The highest BCUT2D eigenvalue weighted by molar-refractivity contribution is 5.68. The average Bonchev–Trinajstić information content (AvgIpc) is 3.05. The van der Waals surface area contributed by atoms with Crippen LogP contribution >= 0.6 is 0 Å². The topological polar surface area (TPSA) is 62.6 Å². The second kappa shape index (κ2) is 6.72. The summed E-state index contributed by atoms with van der Waals surface area (Å²) >= 11 is 0. The molecule has 0 radical (unpaired) electrons. The summed E-state index contributed by atoms with van der Waals surface area (Å²) in [5.74, 6) is 0.865. The van der Waals surface area contributed by atoms with Crippen molar-refractivity contribution in [3.63, 3.8) is 0 Å². The van der Waals surface area contributed by atoms with Gasteiger partial charge in [-0.15, -0.1) is 0 Å². The van der Waals surface area contributed by atoms with Crippen LogP contribution in [0, 0.1) is 11.3 Å². The van der Waals surface area contributed by atoms with E-state index < -0.39 is 0 Å². The van der Waals surface area contributed by atoms with Crippen LogP contribution in [-0.2, 0) is 16.8 Å². The Morgan fingerprint density at radius 2 is 1.96 bits per heavy atom. The summed E-state index contributed by atoms with van der Waals surface area (Å²) in [6, 6.07) is 17.5. The van der Waals surface area contributed by atoms with Crippen LogP contribution in [0.5, 0.6) is 5.75 Å². The fourth-order valence-corrected chi connectivity index (χ4v) is 3.78. The van der Waals surface area contributed by atoms with Crippen molar-refractivity contribution in [2.45, 2.75) is 24.9 Å². The van der Waals surface area contributed by atoms with Crippen LogP contribution in [0.25, 0.3) is 0 Å². The highest BCUT2D eigenvalue weighted by atomic mass is 16.6. The number of fused-ring (bicyclic) bond motifs is 2. The van der Waals surface area contributed by atoms with Crippen molar-refractivity contribution in [1.29, 1.82) is 5.26 Å². The third-order valence-electron chi connectivity index (χ3n) is 5.37. The van der Waals surface area contributed by atoms with E-state index in [1.54, 1.807) is 11.0 Å². The number of likely N-dealkylation sites (tertiary alicyclic amines) is 1. The van der Waals surface area contributed by atoms with E-state index in [2.05, 4.69) is 6.07 Å². The summed E-state index contributed by atoms with van der Waals surface area (Å²) in [6.07, 6.45) is 1.36. The Bertz CT molecular complexity index is 849. The fourth-order valence-electron chi connectivity index (χ4n) is 3.78. The van der Waals surface area contributed by atoms with Crippen LogP contribution in [0.1, 0.15) is 29.5 Å². The van der Waals surface area contributed by atoms with Gasteiger partial charge in [0.25, 0.3) is 0 Å². The molecule has 0 aromatic heterocycles. The third-order valence-corrected chi connectivity index (χ3v) is 5.37. The molecule has 0 N–H and O–H groups in total. The number of piperidine rings is 1. The maximum absolute atomic E-state index is 12.4. The fraction of sp³-hybridized carbons (Fsp3) is 0.333. The van der Waals surface area contributed by atoms with E-state index in [0.29, 0.717) is 31.9 Å². The molecular weight excluding hydrogens is 328 g/mol. The Morgan fingerprint density at radius 1 is 1.19 bits per heavy atom. The summed E-state index contributed by atoms with van der Waals surface area (Å²) in [4.78, 5) is 14.1. The van der Waals surface area contributed by atoms with Crippen molar-refractivity contribution in [1.82, 2.24) is 4.90 Å². The van der Waals surface area contributed by atoms with Gasteiger partial charge in [0.15, 0.2) is 0 Å². The number of nitriles is 1. The van der Waals surface area contributed by atoms with Gasteiger partial charge in [0.2, 0.25) is 0 Å². The number of hydrogen-bond donors (Lipinski definition) is 0. The van der Waals surface area contributed by atoms with Gasteiger partial charge in [-0.2, -0.15) is 5.26 Å². The molecule has 2 aromatic rings. The van der Waals surface area contributed by atoms with Gasteiger partial charge >= 0.3 is 6.09 Å². The number of hydrogen-bond acceptors (Lipinski definition) is 4. The van der Waals surface area contributed by atoms with Crippen molar-refractivity contribution < 1.29 is 14.3 Å². The number of nitrogens with zero attached hydrogens (tertiary/aromatic N) is 2. The highest BCUT2D eigenvalue weighted by Crippen LogP contribution is 2.45. The van der Waals surface area contributed by atoms with Crippen LogP contribution < -0.4 is 4.74 Å². The Balaban J connectivity index is 1.39. The molecule has 5 heteroatoms. The standard InChI is InChI=1S/C21H20N2O3/c22-13-17-6-7-19-18(12-17)21(15-26-19)8-10-23(11-9-21)20(24)25-14-16-4-2-1-3-5-16/h1-7,12H,8-11,14-15H2. The first-order chi connectivity index (χ1) is 12.7. The van der Waals surface area contributed by atoms with Crippen molar-refractivity contribution in [3.05, 3.63) is 65.2 Å². The lowest BCUT2D eigenvalue weighted by molar-refractivity contribution is 0.0734. The third kappa shape index (κ3) is 2.99. The molecule has 2 aliphatic rings. The zero-order chi connectivity index (χ0) is 18.0. The maximum Gasteiger partial charge on any atom is 0.410 e. The molecule has 0 aliphatic carbocycles. The summed E-state index contributed by atoms with van der Waals surface area (Å²) in [6.45, 7) is 2.17. The predicted molar refractivity (Wildman–Crippen MR) is 95.8 cm³/mol. The quantitative estimate of drug-likeness (QED) is 0.831. The van der Waals surface area contributed by atoms with E-state index >= 15 is 0 Å². The van der Waals surface area contributed by atoms with Gasteiger partial charge in [-0.25, -0.2) is 4.79 Å². The van der Waals surface area contributed by atoms with Gasteiger partial charge in [0.05, 0.1) is 18.2 Å². The van der Waals surface area contributed by atoms with Crippen LogP contribution in [0.4, 0.5) is 4.79 Å². The molecule has 1 spiro atoms. The van der Waals surface area contributed by atoms with E-state index in [1.807, 2.05) is 42.5 Å². The summed E-state index contributed by atoms with van der Waals surface area (Å²) in [5, 5.41) is 9.16. The molecule has 0 unspecified atom stereocenters. The number of rotatable bonds is 2. The summed E-state index contributed by atoms with van der Waals surface area (Å²) in [7, 11) is 0. The van der Waals surface area contributed by atoms with Crippen molar-refractivity contribution >= 4 is 6.09 Å². The van der Waals surface area contributed by atoms with Gasteiger partial charge in [-0.05, 0) is 36.6 Å². The molecule has 0 atom stereocenters. The van der Waals surface area contributed by atoms with Gasteiger partial charge in [-0.3, -0.25) is 0 Å². The summed E-state index contributed by atoms with van der Waals surface area (Å²) in [5.41, 5.74) is 2.64. The van der Waals surface area contributed by atoms with Crippen LogP contribution in [-0.4, -0.2) is 30.7 Å². The molecule has 2 aromatic carbocycles. The molecular formula is C21H20N2O3. The Hall–Kier alpha value is -3.00. The minimum atomic E-state index is -0.270. The molecule has 0 saturated carbocycles. The monoisotopic (exact) mass is 348 g/mol. The molecule has 132 valence electrons. The van der Waals surface area contributed by atoms with E-state index in [4.69, 9.17) is 14.7 Å². The zero-order valence-corrected chi connectivity index (χ0v) is 14.5. The number of amides is 1. The van der Waals surface area contributed by atoms with Gasteiger partial charge in [0, 0.05) is 24.1 Å². The van der Waals surface area contributed by atoms with Gasteiger partial charge in [-0.1, -0.05) is 30.3 Å². The Morgan fingerprint density at radius 3 is 2.69 bits per heavy atom. The lowest BCUT2D eigenvalue weighted by Gasteiger charge is -2.38. The van der Waals surface area contributed by atoms with E-state index in [1.165, 1.54) is 0 Å². The van der Waals surface area contributed by atoms with E-state index in [9.17, 15) is 4.79 Å². The van der Waals surface area contributed by atoms with Crippen molar-refractivity contribution in [3.8, 4) is 11.8 Å². The molecule has 4 rings (SSSR count). The van der Waals surface area contributed by atoms with Crippen LogP contribution in [0.15, 0.2) is 48.5 Å². The minimum Gasteiger partial charge on any atom is -0.492 e. The molecule has 1 amide bonds. The predicted octanol–water partition coefficient (Wildman–Crippen LogP) is 3.62. The lowest BCUT2D eigenvalue weighted by Crippen LogP contribution is -2.46. The highest BCUT2D eigenvalue weighted by Gasteiger charge is 2.44. The lowest BCUT2D eigenvalue weighted by atomic mass is 9.74. The number of carbonyl (C=O) groups is 1.